The van der Waals surface area contributed by atoms with E-state index in [1.807, 2.05) is 18.2 Å². The van der Waals surface area contributed by atoms with Crippen LogP contribution in [0.5, 0.6) is 11.5 Å². The van der Waals surface area contributed by atoms with Crippen molar-refractivity contribution in [3.05, 3.63) is 47.4 Å². The zero-order chi connectivity index (χ0) is 17.4. The molecule has 0 amide bonds. The maximum Gasteiger partial charge on any atom is 0.207 e. The van der Waals surface area contributed by atoms with E-state index in [9.17, 15) is 4.79 Å². The summed E-state index contributed by atoms with van der Waals surface area (Å²) >= 11 is 0. The van der Waals surface area contributed by atoms with Gasteiger partial charge in [-0.25, -0.2) is 0 Å². The number of ketones is 1. The molecule has 0 aliphatic heterocycles. The topological polar surface area (TPSA) is 61.6 Å². The van der Waals surface area contributed by atoms with E-state index in [2.05, 4.69) is 12.1 Å². The molecule has 2 rings (SSSR count). The predicted molar refractivity (Wildman–Crippen MR) is 92.6 cm³/mol. The molecule has 5 heteroatoms. The summed E-state index contributed by atoms with van der Waals surface area (Å²) in [7, 11) is 1.61. The van der Waals surface area contributed by atoms with E-state index in [0.717, 1.165) is 24.8 Å². The average molecular weight is 329 g/mol. The maximum atomic E-state index is 12.0. The Hall–Kier alpha value is -2.56. The van der Waals surface area contributed by atoms with E-state index in [1.54, 1.807) is 26.2 Å². The first-order chi connectivity index (χ1) is 11.6. The van der Waals surface area contributed by atoms with E-state index in [4.69, 9.17) is 14.0 Å². The number of allylic oxidation sites excluding steroid dienone is 1. The van der Waals surface area contributed by atoms with Crippen molar-refractivity contribution in [2.24, 2.45) is 0 Å². The lowest BCUT2D eigenvalue weighted by Crippen LogP contribution is -1.99. The van der Waals surface area contributed by atoms with Gasteiger partial charge in [0.2, 0.25) is 5.78 Å². The van der Waals surface area contributed by atoms with Gasteiger partial charge in [0.25, 0.3) is 0 Å². The number of aromatic nitrogens is 1. The van der Waals surface area contributed by atoms with Crippen LogP contribution in [0.25, 0.3) is 6.08 Å². The first-order valence-corrected chi connectivity index (χ1v) is 8.10. The zero-order valence-corrected chi connectivity index (χ0v) is 14.4. The SMILES string of the molecule is CCCCCOc1cc(C=CC(=O)c2cc(C)on2)ccc1OC. The average Bonchev–Trinajstić information content (AvgIpc) is 3.03. The first kappa shape index (κ1) is 17.8. The highest BCUT2D eigenvalue weighted by molar-refractivity contribution is 6.05. The van der Waals surface area contributed by atoms with Gasteiger partial charge < -0.3 is 14.0 Å². The summed E-state index contributed by atoms with van der Waals surface area (Å²) in [5, 5.41) is 3.71. The molecule has 0 fully saturated rings. The molecule has 0 N–H and O–H groups in total. The van der Waals surface area contributed by atoms with Gasteiger partial charge >= 0.3 is 0 Å². The van der Waals surface area contributed by atoms with Crippen molar-refractivity contribution in [2.75, 3.05) is 13.7 Å². The normalized spacial score (nSPS) is 11.0. The third-order valence-electron chi connectivity index (χ3n) is 3.50. The minimum absolute atomic E-state index is 0.201. The molecular formula is C19H23NO4. The number of methoxy groups -OCH3 is 1. The van der Waals surface area contributed by atoms with Crippen molar-refractivity contribution < 1.29 is 18.8 Å². The fourth-order valence-corrected chi connectivity index (χ4v) is 2.18. The summed E-state index contributed by atoms with van der Waals surface area (Å²) in [6.07, 6.45) is 6.48. The molecule has 0 unspecified atom stereocenters. The maximum absolute atomic E-state index is 12.0. The molecule has 0 radical (unpaired) electrons. The third-order valence-corrected chi connectivity index (χ3v) is 3.50. The highest BCUT2D eigenvalue weighted by Crippen LogP contribution is 2.28. The molecule has 1 aromatic carbocycles. The number of unbranched alkanes of at least 4 members (excludes halogenated alkanes) is 2. The van der Waals surface area contributed by atoms with Gasteiger partial charge in [0.1, 0.15) is 5.76 Å². The van der Waals surface area contributed by atoms with Crippen LogP contribution in [0, 0.1) is 6.92 Å². The summed E-state index contributed by atoms with van der Waals surface area (Å²) < 4.78 is 16.0. The lowest BCUT2D eigenvalue weighted by atomic mass is 10.1. The summed E-state index contributed by atoms with van der Waals surface area (Å²) in [5.74, 6) is 1.77. The van der Waals surface area contributed by atoms with Crippen LogP contribution in [0.4, 0.5) is 0 Å². The van der Waals surface area contributed by atoms with E-state index < -0.39 is 0 Å². The largest absolute Gasteiger partial charge is 0.493 e. The van der Waals surface area contributed by atoms with Crippen molar-refractivity contribution in [3.8, 4) is 11.5 Å². The van der Waals surface area contributed by atoms with Crippen molar-refractivity contribution in [3.63, 3.8) is 0 Å². The van der Waals surface area contributed by atoms with Gasteiger partial charge in [0.15, 0.2) is 17.2 Å². The second kappa shape index (κ2) is 8.91. The predicted octanol–water partition coefficient (Wildman–Crippen LogP) is 4.46. The molecule has 0 bridgehead atoms. The molecule has 5 nitrogen and oxygen atoms in total. The van der Waals surface area contributed by atoms with Crippen molar-refractivity contribution >= 4 is 11.9 Å². The molecular weight excluding hydrogens is 306 g/mol. The number of nitrogens with zero attached hydrogens (tertiary/aromatic N) is 1. The van der Waals surface area contributed by atoms with Gasteiger partial charge in [0.05, 0.1) is 13.7 Å². The van der Waals surface area contributed by atoms with Crippen LogP contribution in [-0.2, 0) is 0 Å². The number of carbonyl (C=O) groups is 1. The van der Waals surface area contributed by atoms with Crippen LogP contribution in [0.3, 0.4) is 0 Å². The molecule has 24 heavy (non-hydrogen) atoms. The first-order valence-electron chi connectivity index (χ1n) is 8.10. The van der Waals surface area contributed by atoms with Crippen LogP contribution >= 0.6 is 0 Å². The number of hydrogen-bond acceptors (Lipinski definition) is 5. The van der Waals surface area contributed by atoms with Crippen molar-refractivity contribution in [1.29, 1.82) is 0 Å². The van der Waals surface area contributed by atoms with Gasteiger partial charge in [-0.1, -0.05) is 37.1 Å². The quantitative estimate of drug-likeness (QED) is 0.386. The summed E-state index contributed by atoms with van der Waals surface area (Å²) in [4.78, 5) is 12.0. The monoisotopic (exact) mass is 329 g/mol. The minimum atomic E-state index is -0.201. The molecule has 0 atom stereocenters. The summed E-state index contributed by atoms with van der Waals surface area (Å²) in [6.45, 7) is 4.55. The molecule has 0 saturated heterocycles. The number of hydrogen-bond donors (Lipinski definition) is 0. The van der Waals surface area contributed by atoms with E-state index in [0.29, 0.717) is 29.6 Å². The number of benzene rings is 1. The molecule has 2 aromatic rings. The standard InChI is InChI=1S/C19H23NO4/c1-4-5-6-11-23-19-13-15(8-10-18(19)22-3)7-9-17(21)16-12-14(2)24-20-16/h7-10,12-13H,4-6,11H2,1-3H3. The second-order valence-corrected chi connectivity index (χ2v) is 5.49. The molecule has 128 valence electrons. The smallest absolute Gasteiger partial charge is 0.207 e. The molecule has 0 saturated carbocycles. The Bertz CT molecular complexity index is 703. The second-order valence-electron chi connectivity index (χ2n) is 5.49. The Labute approximate surface area is 142 Å². The van der Waals surface area contributed by atoms with Gasteiger partial charge in [-0.05, 0) is 37.1 Å². The van der Waals surface area contributed by atoms with Crippen LogP contribution < -0.4 is 9.47 Å². The summed E-state index contributed by atoms with van der Waals surface area (Å²) in [6, 6.07) is 7.18. The Morgan fingerprint density at radius 2 is 2.08 bits per heavy atom. The van der Waals surface area contributed by atoms with Crippen LogP contribution in [-0.4, -0.2) is 24.7 Å². The highest BCUT2D eigenvalue weighted by atomic mass is 16.5. The zero-order valence-electron chi connectivity index (χ0n) is 14.4. The van der Waals surface area contributed by atoms with Crippen molar-refractivity contribution in [2.45, 2.75) is 33.1 Å². The van der Waals surface area contributed by atoms with Gasteiger partial charge in [-0.2, -0.15) is 0 Å². The number of rotatable bonds is 9. The van der Waals surface area contributed by atoms with Gasteiger partial charge in [-0.3, -0.25) is 4.79 Å². The fourth-order valence-electron chi connectivity index (χ4n) is 2.18. The van der Waals surface area contributed by atoms with E-state index in [1.165, 1.54) is 6.08 Å². The summed E-state index contributed by atoms with van der Waals surface area (Å²) in [5.41, 5.74) is 1.16. The van der Waals surface area contributed by atoms with Crippen LogP contribution in [0.2, 0.25) is 0 Å². The molecule has 0 aliphatic carbocycles. The number of ether oxygens (including phenoxy) is 2. The van der Waals surface area contributed by atoms with E-state index >= 15 is 0 Å². The molecule has 0 spiro atoms. The number of carbonyl (C=O) groups excluding carboxylic acids is 1. The van der Waals surface area contributed by atoms with Crippen molar-refractivity contribution in [1.82, 2.24) is 5.16 Å². The lowest BCUT2D eigenvalue weighted by Gasteiger charge is -2.11. The van der Waals surface area contributed by atoms with Crippen LogP contribution in [0.15, 0.2) is 34.9 Å². The van der Waals surface area contributed by atoms with Gasteiger partial charge in [-0.15, -0.1) is 0 Å². The minimum Gasteiger partial charge on any atom is -0.493 e. The number of aryl methyl sites for hydroxylation is 1. The fraction of sp³-hybridized carbons (Fsp3) is 0.368. The molecule has 1 aromatic heterocycles. The highest BCUT2D eigenvalue weighted by Gasteiger charge is 2.08. The molecule has 1 heterocycles. The lowest BCUT2D eigenvalue weighted by molar-refractivity contribution is 0.103. The Morgan fingerprint density at radius 1 is 1.25 bits per heavy atom. The third kappa shape index (κ3) is 4.98. The van der Waals surface area contributed by atoms with Gasteiger partial charge in [0, 0.05) is 6.07 Å². The van der Waals surface area contributed by atoms with E-state index in [-0.39, 0.29) is 5.78 Å². The Kier molecular flexibility index (Phi) is 6.61. The van der Waals surface area contributed by atoms with Crippen LogP contribution in [0.1, 0.15) is 48.0 Å². The molecule has 0 aliphatic rings. The Balaban J connectivity index is 2.06. The Morgan fingerprint density at radius 3 is 2.75 bits per heavy atom.